The van der Waals surface area contributed by atoms with E-state index < -0.39 is 4.92 Å². The zero-order valence-corrected chi connectivity index (χ0v) is 12.3. The molecule has 0 saturated heterocycles. The maximum atomic E-state index is 12.3. The molecule has 6 nitrogen and oxygen atoms in total. The van der Waals surface area contributed by atoms with Crippen LogP contribution in [0.4, 0.5) is 5.69 Å². The van der Waals surface area contributed by atoms with Gasteiger partial charge in [-0.2, -0.15) is 0 Å². The van der Waals surface area contributed by atoms with E-state index in [1.807, 2.05) is 6.92 Å². The second-order valence-electron chi connectivity index (χ2n) is 4.88. The predicted octanol–water partition coefficient (Wildman–Crippen LogP) is 3.61. The van der Waals surface area contributed by atoms with Crippen LogP contribution in [0.1, 0.15) is 22.8 Å². The van der Waals surface area contributed by atoms with Gasteiger partial charge >= 0.3 is 0 Å². The monoisotopic (exact) mass is 311 g/mol. The second kappa shape index (κ2) is 5.92. The van der Waals surface area contributed by atoms with Crippen molar-refractivity contribution in [1.29, 1.82) is 0 Å². The standard InChI is InChI=1S/C17H13NO5/c1-2-22-13-7-8-14-15(10-13)23-16(17(14)19)9-11-3-5-12(6-4-11)18(20)21/h3-10H,2H2,1H3/b16-9+. The molecule has 23 heavy (non-hydrogen) atoms. The predicted molar refractivity (Wildman–Crippen MR) is 83.6 cm³/mol. The molecule has 0 spiro atoms. The van der Waals surface area contributed by atoms with Gasteiger partial charge in [-0.3, -0.25) is 14.9 Å². The van der Waals surface area contributed by atoms with E-state index in [9.17, 15) is 14.9 Å². The van der Waals surface area contributed by atoms with Crippen molar-refractivity contribution in [2.75, 3.05) is 6.61 Å². The number of non-ortho nitro benzene ring substituents is 1. The number of hydrogen-bond acceptors (Lipinski definition) is 5. The number of ether oxygens (including phenoxy) is 2. The number of carbonyl (C=O) groups is 1. The fourth-order valence-electron chi connectivity index (χ4n) is 2.27. The number of allylic oxidation sites excluding steroid dienone is 1. The highest BCUT2D eigenvalue weighted by Gasteiger charge is 2.27. The van der Waals surface area contributed by atoms with Gasteiger partial charge in [-0.1, -0.05) is 0 Å². The molecule has 0 saturated carbocycles. The lowest BCUT2D eigenvalue weighted by Crippen LogP contribution is -1.98. The fourth-order valence-corrected chi connectivity index (χ4v) is 2.27. The first-order valence-corrected chi connectivity index (χ1v) is 7.04. The van der Waals surface area contributed by atoms with Crippen molar-refractivity contribution in [3.8, 4) is 11.5 Å². The Kier molecular flexibility index (Phi) is 3.80. The molecule has 0 unspecified atom stereocenters. The van der Waals surface area contributed by atoms with Crippen molar-refractivity contribution in [2.45, 2.75) is 6.92 Å². The Morgan fingerprint density at radius 3 is 2.61 bits per heavy atom. The molecule has 0 fully saturated rings. The summed E-state index contributed by atoms with van der Waals surface area (Å²) in [6.45, 7) is 2.40. The molecule has 1 aliphatic heterocycles. The van der Waals surface area contributed by atoms with Crippen molar-refractivity contribution < 1.29 is 19.2 Å². The highest BCUT2D eigenvalue weighted by Crippen LogP contribution is 2.34. The maximum absolute atomic E-state index is 12.3. The quantitative estimate of drug-likeness (QED) is 0.489. The number of fused-ring (bicyclic) bond motifs is 1. The van der Waals surface area contributed by atoms with Crippen molar-refractivity contribution in [2.24, 2.45) is 0 Å². The summed E-state index contributed by atoms with van der Waals surface area (Å²) in [6, 6.07) is 11.0. The second-order valence-corrected chi connectivity index (χ2v) is 4.88. The number of benzene rings is 2. The van der Waals surface area contributed by atoms with Crippen LogP contribution in [0.3, 0.4) is 0 Å². The van der Waals surface area contributed by atoms with E-state index in [1.165, 1.54) is 12.1 Å². The first kappa shape index (κ1) is 14.8. The lowest BCUT2D eigenvalue weighted by molar-refractivity contribution is -0.384. The van der Waals surface area contributed by atoms with Gasteiger partial charge in [0.05, 0.1) is 17.1 Å². The summed E-state index contributed by atoms with van der Waals surface area (Å²) in [4.78, 5) is 22.5. The lowest BCUT2D eigenvalue weighted by atomic mass is 10.1. The third-order valence-corrected chi connectivity index (χ3v) is 3.35. The van der Waals surface area contributed by atoms with E-state index in [1.54, 1.807) is 36.4 Å². The van der Waals surface area contributed by atoms with E-state index in [2.05, 4.69) is 0 Å². The molecular weight excluding hydrogens is 298 g/mol. The summed E-state index contributed by atoms with van der Waals surface area (Å²) in [6.07, 6.45) is 1.56. The van der Waals surface area contributed by atoms with E-state index in [4.69, 9.17) is 9.47 Å². The molecule has 0 aromatic heterocycles. The van der Waals surface area contributed by atoms with E-state index in [0.29, 0.717) is 29.2 Å². The molecule has 116 valence electrons. The molecule has 1 aliphatic rings. The number of rotatable bonds is 4. The van der Waals surface area contributed by atoms with Crippen molar-refractivity contribution >= 4 is 17.5 Å². The first-order chi connectivity index (χ1) is 11.1. The largest absolute Gasteiger partial charge is 0.494 e. The minimum absolute atomic E-state index is 0.00420. The van der Waals surface area contributed by atoms with Crippen molar-refractivity contribution in [3.05, 3.63) is 69.5 Å². The molecule has 0 N–H and O–H groups in total. The first-order valence-electron chi connectivity index (χ1n) is 7.04. The van der Waals surface area contributed by atoms with E-state index >= 15 is 0 Å². The summed E-state index contributed by atoms with van der Waals surface area (Å²) < 4.78 is 11.0. The molecule has 2 aromatic rings. The molecule has 0 bridgehead atoms. The Morgan fingerprint density at radius 1 is 1.22 bits per heavy atom. The number of hydrogen-bond donors (Lipinski definition) is 0. The van der Waals surface area contributed by atoms with Gasteiger partial charge in [0.1, 0.15) is 11.5 Å². The Balaban J connectivity index is 1.87. The van der Waals surface area contributed by atoms with Crippen molar-refractivity contribution in [3.63, 3.8) is 0 Å². The molecule has 6 heteroatoms. The van der Waals surface area contributed by atoms with Crippen LogP contribution in [0.2, 0.25) is 0 Å². The molecule has 0 amide bonds. The minimum Gasteiger partial charge on any atom is -0.494 e. The van der Waals surface area contributed by atoms with E-state index in [0.717, 1.165) is 0 Å². The van der Waals surface area contributed by atoms with Crippen LogP contribution in [0.15, 0.2) is 48.2 Å². The van der Waals surface area contributed by atoms with Crippen molar-refractivity contribution in [1.82, 2.24) is 0 Å². The zero-order valence-electron chi connectivity index (χ0n) is 12.3. The van der Waals surface area contributed by atoms with E-state index in [-0.39, 0.29) is 17.2 Å². The van der Waals surface area contributed by atoms with Crippen LogP contribution in [-0.4, -0.2) is 17.3 Å². The molecule has 0 radical (unpaired) electrons. The number of carbonyl (C=O) groups excluding carboxylic acids is 1. The number of Topliss-reactive ketones (excluding diaryl/α,β-unsaturated/α-hetero) is 1. The van der Waals surface area contributed by atoms with Gasteiger partial charge in [0.25, 0.3) is 5.69 Å². The molecule has 0 atom stereocenters. The summed E-state index contributed by atoms with van der Waals surface area (Å²) in [5, 5.41) is 10.6. The average Bonchev–Trinajstić information content (AvgIpc) is 2.84. The normalized spacial score (nSPS) is 14.5. The summed E-state index contributed by atoms with van der Waals surface area (Å²) in [5.74, 6) is 1.05. The highest BCUT2D eigenvalue weighted by molar-refractivity contribution is 6.14. The average molecular weight is 311 g/mol. The van der Waals surface area contributed by atoms with Gasteiger partial charge in [-0.05, 0) is 42.8 Å². The minimum atomic E-state index is -0.473. The van der Waals surface area contributed by atoms with Crippen LogP contribution in [0.25, 0.3) is 6.08 Å². The van der Waals surface area contributed by atoms with Gasteiger partial charge in [0.2, 0.25) is 5.78 Å². The van der Waals surface area contributed by atoms with Crippen LogP contribution in [-0.2, 0) is 0 Å². The molecule has 0 aliphatic carbocycles. The van der Waals surface area contributed by atoms with Crippen LogP contribution in [0.5, 0.6) is 11.5 Å². The van der Waals surface area contributed by atoms with Gasteiger partial charge in [0, 0.05) is 18.2 Å². The smallest absolute Gasteiger partial charge is 0.269 e. The fraction of sp³-hybridized carbons (Fsp3) is 0.118. The molecule has 2 aromatic carbocycles. The third kappa shape index (κ3) is 2.91. The third-order valence-electron chi connectivity index (χ3n) is 3.35. The number of nitro benzene ring substituents is 1. The van der Waals surface area contributed by atoms with Crippen LogP contribution < -0.4 is 9.47 Å². The van der Waals surface area contributed by atoms with Gasteiger partial charge < -0.3 is 9.47 Å². The number of nitro groups is 1. The molecule has 3 rings (SSSR count). The molecule has 1 heterocycles. The highest BCUT2D eigenvalue weighted by atomic mass is 16.6. The summed E-state index contributed by atoms with van der Waals surface area (Å²) >= 11 is 0. The topological polar surface area (TPSA) is 78.7 Å². The van der Waals surface area contributed by atoms with Gasteiger partial charge in [-0.15, -0.1) is 0 Å². The summed E-state index contributed by atoms with van der Waals surface area (Å²) in [5.41, 5.74) is 1.12. The SMILES string of the molecule is CCOc1ccc2c(c1)O/C(=C/c1ccc([N+](=O)[O-])cc1)C2=O. The van der Waals surface area contributed by atoms with Gasteiger partial charge in [0.15, 0.2) is 5.76 Å². The lowest BCUT2D eigenvalue weighted by Gasteiger charge is -2.03. The maximum Gasteiger partial charge on any atom is 0.269 e. The number of ketones is 1. The van der Waals surface area contributed by atoms with Crippen LogP contribution in [0, 0.1) is 10.1 Å². The Bertz CT molecular complexity index is 808. The van der Waals surface area contributed by atoms with Crippen LogP contribution >= 0.6 is 0 Å². The Labute approximate surface area is 132 Å². The van der Waals surface area contributed by atoms with Gasteiger partial charge in [-0.25, -0.2) is 0 Å². The Morgan fingerprint density at radius 2 is 1.96 bits per heavy atom. The zero-order chi connectivity index (χ0) is 16.4. The molecular formula is C17H13NO5. The Hall–Kier alpha value is -3.15. The summed E-state index contributed by atoms with van der Waals surface area (Å²) in [7, 11) is 0. The number of nitrogens with zero attached hydrogens (tertiary/aromatic N) is 1.